The quantitative estimate of drug-likeness (QED) is 0.390. The van der Waals surface area contributed by atoms with Crippen LogP contribution < -0.4 is 10.6 Å². The van der Waals surface area contributed by atoms with Crippen molar-refractivity contribution in [1.82, 2.24) is 20.2 Å². The summed E-state index contributed by atoms with van der Waals surface area (Å²) in [7, 11) is 1.85. The maximum absolute atomic E-state index is 12.4. The molecule has 1 atom stereocenters. The Morgan fingerprint density at radius 3 is 2.71 bits per heavy atom. The van der Waals surface area contributed by atoms with Gasteiger partial charge in [0.05, 0.1) is 24.9 Å². The number of benzene rings is 2. The Labute approximate surface area is 223 Å². The third-order valence-corrected chi connectivity index (χ3v) is 6.77. The molecule has 0 radical (unpaired) electrons. The van der Waals surface area contributed by atoms with Gasteiger partial charge in [-0.1, -0.05) is 42.0 Å². The molecular formula is C29H35N5O4. The highest BCUT2D eigenvalue weighted by Gasteiger charge is 2.27. The lowest BCUT2D eigenvalue weighted by atomic mass is 10.0. The molecule has 9 nitrogen and oxygen atoms in total. The molecule has 0 spiro atoms. The minimum Gasteiger partial charge on any atom is -0.394 e. The summed E-state index contributed by atoms with van der Waals surface area (Å²) >= 11 is 0. The second kappa shape index (κ2) is 13.2. The number of aromatic nitrogens is 2. The lowest BCUT2D eigenvalue weighted by Crippen LogP contribution is -2.28. The number of rotatable bonds is 8. The summed E-state index contributed by atoms with van der Waals surface area (Å²) < 4.78 is 5.37. The van der Waals surface area contributed by atoms with Crippen molar-refractivity contribution in [3.63, 3.8) is 0 Å². The van der Waals surface area contributed by atoms with Crippen molar-refractivity contribution in [3.05, 3.63) is 77.0 Å². The third kappa shape index (κ3) is 6.80. The fraction of sp³-hybridized carbons (Fsp3) is 0.379. The van der Waals surface area contributed by atoms with Gasteiger partial charge in [-0.15, -0.1) is 0 Å². The standard InChI is InChI=1S/C19H20N4O3.C10H15NO/c24-8-7-23-12-14-2-1-13(11-16(14)18(23)25)17-3-6-20-19(22-17)21-15-4-9-26-10-5-15;1-8-4-3-5-9(6-8)10(7-12)11-2/h1-3,6,8,11,15H,4-5,7,9-10,12H2,(H,20,21,22);3-6,10-12H,7H2,1-2H3. The fourth-order valence-electron chi connectivity index (χ4n) is 4.62. The van der Waals surface area contributed by atoms with Crippen LogP contribution in [0.15, 0.2) is 54.7 Å². The monoisotopic (exact) mass is 517 g/mol. The Balaban J connectivity index is 0.000000236. The third-order valence-electron chi connectivity index (χ3n) is 6.77. The van der Waals surface area contributed by atoms with E-state index in [1.165, 1.54) is 5.56 Å². The number of aldehydes is 1. The van der Waals surface area contributed by atoms with Crippen molar-refractivity contribution < 1.29 is 19.4 Å². The van der Waals surface area contributed by atoms with E-state index in [1.807, 2.05) is 56.4 Å². The van der Waals surface area contributed by atoms with Gasteiger partial charge in [-0.05, 0) is 50.1 Å². The zero-order valence-corrected chi connectivity index (χ0v) is 21.9. The molecule has 1 unspecified atom stereocenters. The number of anilines is 1. The summed E-state index contributed by atoms with van der Waals surface area (Å²) in [5, 5.41) is 15.4. The summed E-state index contributed by atoms with van der Waals surface area (Å²) in [6.07, 6.45) is 4.35. The van der Waals surface area contributed by atoms with Gasteiger partial charge in [0.2, 0.25) is 5.95 Å². The van der Waals surface area contributed by atoms with E-state index in [4.69, 9.17) is 9.84 Å². The van der Waals surface area contributed by atoms with Crippen molar-refractivity contribution in [2.24, 2.45) is 0 Å². The first-order valence-corrected chi connectivity index (χ1v) is 12.9. The largest absolute Gasteiger partial charge is 0.394 e. The molecule has 1 fully saturated rings. The van der Waals surface area contributed by atoms with Gasteiger partial charge in [-0.2, -0.15) is 0 Å². The zero-order valence-electron chi connectivity index (χ0n) is 21.9. The summed E-state index contributed by atoms with van der Waals surface area (Å²) in [6.45, 7) is 4.29. The first-order valence-electron chi connectivity index (χ1n) is 12.9. The van der Waals surface area contributed by atoms with Crippen molar-refractivity contribution in [2.45, 2.75) is 38.4 Å². The fourth-order valence-corrected chi connectivity index (χ4v) is 4.62. The summed E-state index contributed by atoms with van der Waals surface area (Å²) in [5.41, 5.74) is 5.57. The predicted octanol–water partition coefficient (Wildman–Crippen LogP) is 3.14. The second-order valence-corrected chi connectivity index (χ2v) is 9.46. The summed E-state index contributed by atoms with van der Waals surface area (Å²) in [6, 6.07) is 16.1. The molecule has 38 heavy (non-hydrogen) atoms. The number of nitrogens with one attached hydrogen (secondary N) is 2. The van der Waals surface area contributed by atoms with E-state index in [1.54, 1.807) is 11.1 Å². The molecule has 200 valence electrons. The number of amides is 1. The minimum absolute atomic E-state index is 0.0601. The maximum atomic E-state index is 12.4. The number of fused-ring (bicyclic) bond motifs is 1. The topological polar surface area (TPSA) is 117 Å². The van der Waals surface area contributed by atoms with E-state index in [-0.39, 0.29) is 25.1 Å². The molecule has 3 heterocycles. The van der Waals surface area contributed by atoms with Crippen LogP contribution >= 0.6 is 0 Å². The van der Waals surface area contributed by atoms with Gasteiger partial charge in [0.25, 0.3) is 5.91 Å². The number of aliphatic hydroxyl groups excluding tert-OH is 1. The van der Waals surface area contributed by atoms with Crippen LogP contribution in [0.5, 0.6) is 0 Å². The van der Waals surface area contributed by atoms with Crippen molar-refractivity contribution in [1.29, 1.82) is 0 Å². The van der Waals surface area contributed by atoms with E-state index in [0.717, 1.165) is 54.7 Å². The molecule has 0 aliphatic carbocycles. The number of aliphatic hydroxyl groups is 1. The molecule has 5 rings (SSSR count). The van der Waals surface area contributed by atoms with Crippen LogP contribution in [0.2, 0.25) is 0 Å². The first kappa shape index (κ1) is 27.4. The smallest absolute Gasteiger partial charge is 0.254 e. The van der Waals surface area contributed by atoms with Gasteiger partial charge < -0.3 is 30.2 Å². The van der Waals surface area contributed by atoms with Gasteiger partial charge >= 0.3 is 0 Å². The van der Waals surface area contributed by atoms with Crippen LogP contribution in [0.1, 0.15) is 45.9 Å². The van der Waals surface area contributed by atoms with Crippen LogP contribution in [-0.4, -0.2) is 71.6 Å². The van der Waals surface area contributed by atoms with E-state index >= 15 is 0 Å². The summed E-state index contributed by atoms with van der Waals surface area (Å²) in [5.74, 6) is 0.479. The SMILES string of the molecule is CNC(CO)c1cccc(C)c1.O=CCN1Cc2ccc(-c3ccnc(NC4CCOCC4)n3)cc2C1=O. The predicted molar refractivity (Wildman–Crippen MR) is 146 cm³/mol. The Hall–Kier alpha value is -3.66. The van der Waals surface area contributed by atoms with Gasteiger partial charge in [-0.3, -0.25) is 4.79 Å². The number of aryl methyl sites for hydroxylation is 1. The average Bonchev–Trinajstić information content (AvgIpc) is 3.25. The lowest BCUT2D eigenvalue weighted by Gasteiger charge is -2.23. The van der Waals surface area contributed by atoms with Gasteiger partial charge in [0.15, 0.2) is 0 Å². The van der Waals surface area contributed by atoms with Crippen molar-refractivity contribution in [2.75, 3.05) is 38.7 Å². The van der Waals surface area contributed by atoms with Crippen LogP contribution in [0.3, 0.4) is 0 Å². The van der Waals surface area contributed by atoms with E-state index in [2.05, 4.69) is 26.7 Å². The normalized spacial score (nSPS) is 15.9. The highest BCUT2D eigenvalue weighted by Crippen LogP contribution is 2.28. The number of nitrogens with zero attached hydrogens (tertiary/aromatic N) is 3. The van der Waals surface area contributed by atoms with Crippen molar-refractivity contribution >= 4 is 18.1 Å². The van der Waals surface area contributed by atoms with E-state index in [9.17, 15) is 9.59 Å². The zero-order chi connectivity index (χ0) is 26.9. The molecule has 3 N–H and O–H groups in total. The number of ether oxygens (including phenoxy) is 1. The number of carbonyl (C=O) groups is 2. The molecule has 3 aromatic rings. The van der Waals surface area contributed by atoms with E-state index < -0.39 is 0 Å². The molecule has 1 amide bonds. The second-order valence-electron chi connectivity index (χ2n) is 9.46. The Morgan fingerprint density at radius 1 is 1.18 bits per heavy atom. The lowest BCUT2D eigenvalue weighted by molar-refractivity contribution is -0.108. The minimum atomic E-state index is -0.108. The van der Waals surface area contributed by atoms with Gasteiger partial charge in [0.1, 0.15) is 6.29 Å². The molecule has 9 heteroatoms. The molecule has 1 saturated heterocycles. The van der Waals surface area contributed by atoms with Crippen LogP contribution in [0, 0.1) is 6.92 Å². The molecule has 2 aromatic carbocycles. The van der Waals surface area contributed by atoms with Gasteiger partial charge in [-0.25, -0.2) is 9.97 Å². The number of carbonyl (C=O) groups excluding carboxylic acids is 2. The van der Waals surface area contributed by atoms with Crippen LogP contribution in [0.4, 0.5) is 5.95 Å². The number of hydrogen-bond donors (Lipinski definition) is 3. The molecule has 0 bridgehead atoms. The Morgan fingerprint density at radius 2 is 2.00 bits per heavy atom. The van der Waals surface area contributed by atoms with Crippen LogP contribution in [-0.2, 0) is 16.1 Å². The molecular weight excluding hydrogens is 482 g/mol. The number of hydrogen-bond acceptors (Lipinski definition) is 8. The molecule has 2 aliphatic rings. The maximum Gasteiger partial charge on any atom is 0.254 e. The highest BCUT2D eigenvalue weighted by atomic mass is 16.5. The highest BCUT2D eigenvalue weighted by molar-refractivity contribution is 6.00. The molecule has 0 saturated carbocycles. The molecule has 1 aromatic heterocycles. The Kier molecular flexibility index (Phi) is 9.53. The summed E-state index contributed by atoms with van der Waals surface area (Å²) in [4.78, 5) is 33.6. The van der Waals surface area contributed by atoms with Crippen LogP contribution in [0.25, 0.3) is 11.3 Å². The first-order chi connectivity index (χ1) is 18.5. The van der Waals surface area contributed by atoms with E-state index in [0.29, 0.717) is 24.1 Å². The number of likely N-dealkylation sites (N-methyl/N-ethyl adjacent to an activating group) is 1. The Bertz CT molecular complexity index is 1240. The van der Waals surface area contributed by atoms with Gasteiger partial charge in [0, 0.05) is 43.1 Å². The van der Waals surface area contributed by atoms with Crippen molar-refractivity contribution in [3.8, 4) is 11.3 Å². The molecule has 2 aliphatic heterocycles. The average molecular weight is 518 g/mol.